The molecule has 1 atom stereocenters. The van der Waals surface area contributed by atoms with Crippen LogP contribution >= 0.6 is 0 Å². The lowest BCUT2D eigenvalue weighted by atomic mass is 9.75. The third-order valence-corrected chi connectivity index (χ3v) is 5.89. The molecular formula is C23H34O6. The topological polar surface area (TPSA) is 71.1 Å². The van der Waals surface area contributed by atoms with Gasteiger partial charge in [-0.2, -0.15) is 0 Å². The van der Waals surface area contributed by atoms with E-state index >= 15 is 0 Å². The number of hydrogen-bond donors (Lipinski definition) is 0. The molecule has 1 aliphatic rings. The summed E-state index contributed by atoms with van der Waals surface area (Å²) >= 11 is 0. The van der Waals surface area contributed by atoms with E-state index in [9.17, 15) is 9.59 Å². The van der Waals surface area contributed by atoms with Crippen molar-refractivity contribution >= 4 is 11.9 Å². The van der Waals surface area contributed by atoms with Crippen LogP contribution in [0.2, 0.25) is 0 Å². The summed E-state index contributed by atoms with van der Waals surface area (Å²) in [5.41, 5.74) is 0.0797. The molecule has 2 rings (SSSR count). The number of ether oxygens (including phenoxy) is 4. The molecule has 0 bridgehead atoms. The molecule has 0 N–H and O–H groups in total. The zero-order valence-electron chi connectivity index (χ0n) is 17.9. The lowest BCUT2D eigenvalue weighted by Gasteiger charge is -2.28. The molecule has 0 amide bonds. The Morgan fingerprint density at radius 3 is 1.93 bits per heavy atom. The predicted molar refractivity (Wildman–Crippen MR) is 109 cm³/mol. The van der Waals surface area contributed by atoms with Crippen LogP contribution in [0, 0.1) is 0 Å². The van der Waals surface area contributed by atoms with Crippen LogP contribution in [0.25, 0.3) is 0 Å². The predicted octanol–water partition coefficient (Wildman–Crippen LogP) is 4.50. The van der Waals surface area contributed by atoms with Crippen LogP contribution in [-0.2, 0) is 34.0 Å². The number of cyclic esters (lactones) is 2. The van der Waals surface area contributed by atoms with Crippen molar-refractivity contribution in [1.82, 2.24) is 0 Å². The third-order valence-electron chi connectivity index (χ3n) is 5.89. The van der Waals surface area contributed by atoms with E-state index in [0.717, 1.165) is 50.5 Å². The van der Waals surface area contributed by atoms with Crippen molar-refractivity contribution in [1.29, 1.82) is 0 Å². The monoisotopic (exact) mass is 406 g/mol. The van der Waals surface area contributed by atoms with E-state index in [0.29, 0.717) is 12.8 Å². The van der Waals surface area contributed by atoms with E-state index in [4.69, 9.17) is 18.9 Å². The lowest BCUT2D eigenvalue weighted by molar-refractivity contribution is -0.355. The Balaban J connectivity index is 1.69. The Morgan fingerprint density at radius 1 is 0.862 bits per heavy atom. The van der Waals surface area contributed by atoms with Crippen LogP contribution in [0.4, 0.5) is 0 Å². The van der Waals surface area contributed by atoms with Gasteiger partial charge in [-0.1, -0.05) is 68.9 Å². The molecule has 0 spiro atoms. The van der Waals surface area contributed by atoms with E-state index in [1.807, 2.05) is 30.3 Å². The lowest BCUT2D eigenvalue weighted by Crippen LogP contribution is -2.35. The zero-order chi connectivity index (χ0) is 21.2. The molecule has 6 heteroatoms. The van der Waals surface area contributed by atoms with Crippen LogP contribution in [-0.4, -0.2) is 39.2 Å². The molecule has 1 aromatic carbocycles. The van der Waals surface area contributed by atoms with Gasteiger partial charge in [0.25, 0.3) is 5.97 Å². The van der Waals surface area contributed by atoms with Gasteiger partial charge in [0.15, 0.2) is 0 Å². The first-order valence-electron chi connectivity index (χ1n) is 10.5. The normalized spacial score (nSPS) is 19.6. The second-order valence-corrected chi connectivity index (χ2v) is 7.66. The maximum atomic E-state index is 12.4. The number of methoxy groups -OCH3 is 3. The molecule has 162 valence electrons. The number of benzene rings is 1. The van der Waals surface area contributed by atoms with E-state index < -0.39 is 23.3 Å². The Hall–Kier alpha value is -1.76. The van der Waals surface area contributed by atoms with E-state index in [1.165, 1.54) is 0 Å². The molecule has 1 unspecified atom stereocenters. The van der Waals surface area contributed by atoms with Crippen LogP contribution in [0.3, 0.4) is 0 Å². The van der Waals surface area contributed by atoms with Gasteiger partial charge >= 0.3 is 11.9 Å². The van der Waals surface area contributed by atoms with Crippen molar-refractivity contribution in [3.8, 4) is 0 Å². The van der Waals surface area contributed by atoms with Gasteiger partial charge in [-0.15, -0.1) is 0 Å². The summed E-state index contributed by atoms with van der Waals surface area (Å²) in [6.45, 7) is 0. The minimum Gasteiger partial charge on any atom is -0.392 e. The molecule has 29 heavy (non-hydrogen) atoms. The number of esters is 2. The maximum absolute atomic E-state index is 12.4. The van der Waals surface area contributed by atoms with Gasteiger partial charge in [0, 0.05) is 27.8 Å². The molecular weight excluding hydrogens is 372 g/mol. The summed E-state index contributed by atoms with van der Waals surface area (Å²) in [6.07, 6.45) is 8.89. The highest BCUT2D eigenvalue weighted by atomic mass is 16.9. The molecule has 0 aromatic heterocycles. The van der Waals surface area contributed by atoms with Crippen molar-refractivity contribution in [3.63, 3.8) is 0 Å². The second kappa shape index (κ2) is 11.4. The first kappa shape index (κ1) is 23.5. The Morgan fingerprint density at radius 2 is 1.41 bits per heavy atom. The van der Waals surface area contributed by atoms with E-state index in [-0.39, 0.29) is 6.42 Å². The molecule has 1 saturated heterocycles. The number of carbonyl (C=O) groups excluding carboxylic acids is 2. The average Bonchev–Trinajstić information content (AvgIpc) is 3.04. The first-order valence-corrected chi connectivity index (χ1v) is 10.5. The van der Waals surface area contributed by atoms with Gasteiger partial charge in [-0.3, -0.25) is 9.59 Å². The summed E-state index contributed by atoms with van der Waals surface area (Å²) in [7, 11) is 4.76. The summed E-state index contributed by atoms with van der Waals surface area (Å²) in [4.78, 5) is 24.2. The van der Waals surface area contributed by atoms with Crippen LogP contribution < -0.4 is 0 Å². The van der Waals surface area contributed by atoms with Crippen molar-refractivity contribution in [2.75, 3.05) is 21.3 Å². The highest BCUT2D eigenvalue weighted by Crippen LogP contribution is 2.39. The molecule has 1 aliphatic heterocycles. The van der Waals surface area contributed by atoms with Crippen molar-refractivity contribution in [3.05, 3.63) is 35.9 Å². The standard InChI is InChI=1S/C23H34O6/c1-26-23(27-2,28-3)17-13-8-6-4-5-7-12-16-22(18-20(24)29-21(22)25)19-14-10-9-11-15-19/h9-11,14-15H,4-8,12-13,16-18H2,1-3H3. The minimum atomic E-state index is -0.931. The smallest absolute Gasteiger partial charge is 0.324 e. The van der Waals surface area contributed by atoms with E-state index in [1.54, 1.807) is 21.3 Å². The number of hydrogen-bond acceptors (Lipinski definition) is 6. The zero-order valence-corrected chi connectivity index (χ0v) is 17.9. The Bertz CT molecular complexity index is 632. The quantitative estimate of drug-likeness (QED) is 0.196. The van der Waals surface area contributed by atoms with Crippen LogP contribution in [0.15, 0.2) is 30.3 Å². The fourth-order valence-electron chi connectivity index (χ4n) is 4.08. The molecule has 1 fully saturated rings. The fourth-order valence-corrected chi connectivity index (χ4v) is 4.08. The van der Waals surface area contributed by atoms with Crippen molar-refractivity contribution < 1.29 is 28.5 Å². The average molecular weight is 407 g/mol. The van der Waals surface area contributed by atoms with Crippen molar-refractivity contribution in [2.45, 2.75) is 75.6 Å². The second-order valence-electron chi connectivity index (χ2n) is 7.66. The SMILES string of the molecule is COC(CCCCCCCCCC1(c2ccccc2)CC(=O)OC1=O)(OC)OC. The summed E-state index contributed by atoms with van der Waals surface area (Å²) in [5, 5.41) is 0. The largest absolute Gasteiger partial charge is 0.392 e. The van der Waals surface area contributed by atoms with Gasteiger partial charge in [-0.05, 0) is 18.4 Å². The van der Waals surface area contributed by atoms with Gasteiger partial charge in [0.1, 0.15) is 5.41 Å². The Kier molecular flexibility index (Phi) is 9.27. The number of rotatable bonds is 14. The first-order chi connectivity index (χ1) is 14.0. The number of unbranched alkanes of at least 4 members (excludes halogenated alkanes) is 6. The highest BCUT2D eigenvalue weighted by Gasteiger charge is 2.49. The molecule has 0 saturated carbocycles. The summed E-state index contributed by atoms with van der Waals surface area (Å²) < 4.78 is 20.8. The molecule has 1 aromatic rings. The molecule has 0 aliphatic carbocycles. The minimum absolute atomic E-state index is 0.149. The molecule has 0 radical (unpaired) electrons. The van der Waals surface area contributed by atoms with Gasteiger partial charge in [0.2, 0.25) is 0 Å². The maximum Gasteiger partial charge on any atom is 0.324 e. The Labute approximate surface area is 173 Å². The van der Waals surface area contributed by atoms with Gasteiger partial charge in [-0.25, -0.2) is 0 Å². The van der Waals surface area contributed by atoms with Crippen LogP contribution in [0.5, 0.6) is 0 Å². The van der Waals surface area contributed by atoms with Gasteiger partial charge in [0.05, 0.1) is 6.42 Å². The summed E-state index contributed by atoms with van der Waals surface area (Å²) in [6, 6.07) is 9.55. The van der Waals surface area contributed by atoms with E-state index in [2.05, 4.69) is 0 Å². The van der Waals surface area contributed by atoms with Gasteiger partial charge < -0.3 is 18.9 Å². The highest BCUT2D eigenvalue weighted by molar-refractivity contribution is 6.01. The number of carbonyl (C=O) groups is 2. The molecule has 1 heterocycles. The molecule has 6 nitrogen and oxygen atoms in total. The van der Waals surface area contributed by atoms with Crippen LogP contribution in [0.1, 0.15) is 69.8 Å². The van der Waals surface area contributed by atoms with Crippen molar-refractivity contribution in [2.24, 2.45) is 0 Å². The third kappa shape index (κ3) is 6.11. The fraction of sp³-hybridized carbons (Fsp3) is 0.652. The summed E-state index contributed by atoms with van der Waals surface area (Å²) in [5.74, 6) is -1.75.